The van der Waals surface area contributed by atoms with Crippen molar-refractivity contribution >= 4 is 5.91 Å². The zero-order chi connectivity index (χ0) is 17.0. The Kier molecular flexibility index (Phi) is 5.29. The van der Waals surface area contributed by atoms with E-state index in [9.17, 15) is 4.79 Å². The predicted octanol–water partition coefficient (Wildman–Crippen LogP) is 2.24. The van der Waals surface area contributed by atoms with Crippen LogP contribution in [0.1, 0.15) is 31.2 Å². The number of likely N-dealkylation sites (tertiary alicyclic amines) is 1. The summed E-state index contributed by atoms with van der Waals surface area (Å²) in [6.07, 6.45) is 5.23. The van der Waals surface area contributed by atoms with Gasteiger partial charge in [0.25, 0.3) is 0 Å². The molecule has 1 amide bonds. The van der Waals surface area contributed by atoms with Gasteiger partial charge in [0.2, 0.25) is 5.91 Å². The van der Waals surface area contributed by atoms with Crippen LogP contribution in [0.4, 0.5) is 0 Å². The fourth-order valence-corrected chi connectivity index (χ4v) is 3.96. The van der Waals surface area contributed by atoms with Gasteiger partial charge >= 0.3 is 0 Å². The largest absolute Gasteiger partial charge is 0.493 e. The minimum atomic E-state index is 0.214. The molecule has 132 valence electrons. The Bertz CT molecular complexity index is 572. The number of rotatable bonds is 4. The van der Waals surface area contributed by atoms with Crippen LogP contribution in [0, 0.1) is 5.41 Å². The zero-order valence-corrected chi connectivity index (χ0v) is 14.8. The molecule has 2 aliphatic rings. The molecule has 1 spiro atoms. The number of nitrogens with zero attached hydrogens (tertiary/aromatic N) is 1. The van der Waals surface area contributed by atoms with E-state index in [1.54, 1.807) is 14.2 Å². The Morgan fingerprint density at radius 3 is 2.38 bits per heavy atom. The van der Waals surface area contributed by atoms with E-state index in [-0.39, 0.29) is 5.91 Å². The Balaban J connectivity index is 1.58. The normalized spacial score (nSPS) is 20.0. The second-order valence-electron chi connectivity index (χ2n) is 7.00. The summed E-state index contributed by atoms with van der Waals surface area (Å²) < 4.78 is 10.6. The molecule has 5 heteroatoms. The smallest absolute Gasteiger partial charge is 0.226 e. The Labute approximate surface area is 144 Å². The van der Waals surface area contributed by atoms with Gasteiger partial charge in [-0.15, -0.1) is 0 Å². The lowest BCUT2D eigenvalue weighted by Gasteiger charge is -2.44. The Hall–Kier alpha value is -1.75. The summed E-state index contributed by atoms with van der Waals surface area (Å²) in [5.74, 6) is 1.58. The average Bonchev–Trinajstić information content (AvgIpc) is 2.62. The van der Waals surface area contributed by atoms with Gasteiger partial charge in [0, 0.05) is 13.1 Å². The number of benzene rings is 1. The van der Waals surface area contributed by atoms with Crippen molar-refractivity contribution in [3.63, 3.8) is 0 Å². The van der Waals surface area contributed by atoms with Crippen molar-refractivity contribution in [2.24, 2.45) is 5.41 Å². The fourth-order valence-electron chi connectivity index (χ4n) is 3.96. The number of ether oxygens (including phenoxy) is 2. The van der Waals surface area contributed by atoms with Crippen LogP contribution in [0.5, 0.6) is 11.5 Å². The van der Waals surface area contributed by atoms with Crippen molar-refractivity contribution in [1.29, 1.82) is 0 Å². The molecule has 1 aromatic rings. The maximum Gasteiger partial charge on any atom is 0.226 e. The number of nitrogens with one attached hydrogen (secondary N) is 1. The third-order valence-electron chi connectivity index (χ3n) is 5.64. The molecular weight excluding hydrogens is 304 g/mol. The van der Waals surface area contributed by atoms with Gasteiger partial charge in [-0.2, -0.15) is 0 Å². The first kappa shape index (κ1) is 17.1. The number of carbonyl (C=O) groups excluding carboxylic acids is 1. The van der Waals surface area contributed by atoms with Crippen molar-refractivity contribution in [1.82, 2.24) is 10.2 Å². The SMILES string of the molecule is COc1ccc(CC(=O)N2CCC3(CCNCC3)CC2)cc1OC. The first-order valence-electron chi connectivity index (χ1n) is 8.85. The molecule has 3 rings (SSSR count). The molecule has 0 saturated carbocycles. The number of piperidine rings is 2. The summed E-state index contributed by atoms with van der Waals surface area (Å²) in [6.45, 7) is 4.04. The minimum Gasteiger partial charge on any atom is -0.493 e. The number of hydrogen-bond acceptors (Lipinski definition) is 4. The number of hydrogen-bond donors (Lipinski definition) is 1. The highest BCUT2D eigenvalue weighted by atomic mass is 16.5. The van der Waals surface area contributed by atoms with Crippen molar-refractivity contribution in [3.05, 3.63) is 23.8 Å². The fraction of sp³-hybridized carbons (Fsp3) is 0.632. The first-order chi connectivity index (χ1) is 11.7. The first-order valence-corrected chi connectivity index (χ1v) is 8.85. The molecule has 24 heavy (non-hydrogen) atoms. The van der Waals surface area contributed by atoms with Crippen LogP contribution in [0.25, 0.3) is 0 Å². The van der Waals surface area contributed by atoms with Crippen LogP contribution < -0.4 is 14.8 Å². The highest BCUT2D eigenvalue weighted by Crippen LogP contribution is 2.39. The molecule has 2 fully saturated rings. The zero-order valence-electron chi connectivity index (χ0n) is 14.8. The molecule has 0 atom stereocenters. The Morgan fingerprint density at radius 1 is 1.08 bits per heavy atom. The van der Waals surface area contributed by atoms with Gasteiger partial charge < -0.3 is 19.7 Å². The molecule has 2 aliphatic heterocycles. The van der Waals surface area contributed by atoms with Gasteiger partial charge in [-0.1, -0.05) is 6.07 Å². The van der Waals surface area contributed by atoms with Gasteiger partial charge in [0.15, 0.2) is 11.5 Å². The highest BCUT2D eigenvalue weighted by Gasteiger charge is 2.36. The quantitative estimate of drug-likeness (QED) is 0.919. The maximum atomic E-state index is 12.6. The standard InChI is InChI=1S/C19H28N2O3/c1-23-16-4-3-15(13-17(16)24-2)14-18(22)21-11-7-19(8-12-21)5-9-20-10-6-19/h3-4,13,20H,5-12,14H2,1-2H3. The molecule has 2 saturated heterocycles. The van der Waals surface area contributed by atoms with E-state index >= 15 is 0 Å². The summed E-state index contributed by atoms with van der Waals surface area (Å²) in [6, 6.07) is 5.70. The number of methoxy groups -OCH3 is 2. The lowest BCUT2D eigenvalue weighted by atomic mass is 9.71. The lowest BCUT2D eigenvalue weighted by Crippen LogP contribution is -2.47. The average molecular weight is 332 g/mol. The third kappa shape index (κ3) is 3.66. The monoisotopic (exact) mass is 332 g/mol. The topological polar surface area (TPSA) is 50.8 Å². The summed E-state index contributed by atoms with van der Waals surface area (Å²) in [5, 5.41) is 3.44. The summed E-state index contributed by atoms with van der Waals surface area (Å²) in [4.78, 5) is 14.7. The molecule has 5 nitrogen and oxygen atoms in total. The minimum absolute atomic E-state index is 0.214. The van der Waals surface area contributed by atoms with Crippen LogP contribution in [-0.4, -0.2) is 51.2 Å². The third-order valence-corrected chi connectivity index (χ3v) is 5.64. The second-order valence-corrected chi connectivity index (χ2v) is 7.00. The van der Waals surface area contributed by atoms with E-state index in [4.69, 9.17) is 9.47 Å². The maximum absolute atomic E-state index is 12.6. The van der Waals surface area contributed by atoms with Crippen LogP contribution in [0.15, 0.2) is 18.2 Å². The van der Waals surface area contributed by atoms with Crippen molar-refractivity contribution in [2.45, 2.75) is 32.1 Å². The molecule has 0 unspecified atom stereocenters. The van der Waals surface area contributed by atoms with Crippen LogP contribution >= 0.6 is 0 Å². The van der Waals surface area contributed by atoms with Gasteiger partial charge in [-0.05, 0) is 61.9 Å². The van der Waals surface area contributed by atoms with Gasteiger partial charge in [-0.3, -0.25) is 4.79 Å². The van der Waals surface area contributed by atoms with E-state index in [0.29, 0.717) is 23.3 Å². The van der Waals surface area contributed by atoms with Crippen molar-refractivity contribution < 1.29 is 14.3 Å². The van der Waals surface area contributed by atoms with E-state index < -0.39 is 0 Å². The van der Waals surface area contributed by atoms with Crippen LogP contribution in [0.2, 0.25) is 0 Å². The summed E-state index contributed by atoms with van der Waals surface area (Å²) in [7, 11) is 3.24. The predicted molar refractivity (Wildman–Crippen MR) is 93.6 cm³/mol. The lowest BCUT2D eigenvalue weighted by molar-refractivity contribution is -0.133. The van der Waals surface area contributed by atoms with E-state index in [1.165, 1.54) is 12.8 Å². The van der Waals surface area contributed by atoms with E-state index in [0.717, 1.165) is 44.6 Å². The number of amides is 1. The van der Waals surface area contributed by atoms with Crippen molar-refractivity contribution in [3.8, 4) is 11.5 Å². The molecule has 2 heterocycles. The molecule has 1 aromatic carbocycles. The molecular formula is C19H28N2O3. The second kappa shape index (κ2) is 7.43. The van der Waals surface area contributed by atoms with Gasteiger partial charge in [-0.25, -0.2) is 0 Å². The molecule has 0 aromatic heterocycles. The van der Waals surface area contributed by atoms with Crippen molar-refractivity contribution in [2.75, 3.05) is 40.4 Å². The van der Waals surface area contributed by atoms with Gasteiger partial charge in [0.1, 0.15) is 0 Å². The molecule has 1 N–H and O–H groups in total. The molecule has 0 bridgehead atoms. The van der Waals surface area contributed by atoms with Crippen LogP contribution in [0.3, 0.4) is 0 Å². The molecule has 0 radical (unpaired) electrons. The van der Waals surface area contributed by atoms with E-state index in [2.05, 4.69) is 5.32 Å². The molecule has 0 aliphatic carbocycles. The summed E-state index contributed by atoms with van der Waals surface area (Å²) in [5.41, 5.74) is 1.45. The van der Waals surface area contributed by atoms with Gasteiger partial charge in [0.05, 0.1) is 20.6 Å². The van der Waals surface area contributed by atoms with Crippen LogP contribution in [-0.2, 0) is 11.2 Å². The number of carbonyl (C=O) groups is 1. The highest BCUT2D eigenvalue weighted by molar-refractivity contribution is 5.79. The summed E-state index contributed by atoms with van der Waals surface area (Å²) >= 11 is 0. The van der Waals surface area contributed by atoms with E-state index in [1.807, 2.05) is 23.1 Å². The Morgan fingerprint density at radius 2 is 1.75 bits per heavy atom.